The maximum Gasteiger partial charge on any atom is 0.222 e. The lowest BCUT2D eigenvalue weighted by atomic mass is 10.2. The maximum absolute atomic E-state index is 11.5. The molecule has 0 heterocycles. The van der Waals surface area contributed by atoms with Gasteiger partial charge in [-0.05, 0) is 24.6 Å². The summed E-state index contributed by atoms with van der Waals surface area (Å²) in [6.07, 6.45) is 0. The second-order valence-corrected chi connectivity index (χ2v) is 6.10. The first kappa shape index (κ1) is 23.0. The summed E-state index contributed by atoms with van der Waals surface area (Å²) in [5.74, 6) is 0.862. The molecule has 24 heavy (non-hydrogen) atoms. The van der Waals surface area contributed by atoms with E-state index in [9.17, 15) is 4.79 Å². The molecule has 0 unspecified atom stereocenters. The van der Waals surface area contributed by atoms with Crippen molar-refractivity contribution in [1.82, 2.24) is 15.5 Å². The number of rotatable bonds is 7. The predicted octanol–water partition coefficient (Wildman–Crippen LogP) is 3.13. The molecule has 1 rings (SSSR count). The highest BCUT2D eigenvalue weighted by molar-refractivity contribution is 14.0. The summed E-state index contributed by atoms with van der Waals surface area (Å²) in [5, 5.41) is 6.86. The van der Waals surface area contributed by atoms with Crippen LogP contribution in [0, 0.1) is 5.92 Å². The lowest BCUT2D eigenvalue weighted by molar-refractivity contribution is -0.123. The van der Waals surface area contributed by atoms with E-state index >= 15 is 0 Å². The van der Waals surface area contributed by atoms with Crippen LogP contribution in [0.3, 0.4) is 0 Å². The Balaban J connectivity index is 0.00000529. The van der Waals surface area contributed by atoms with Gasteiger partial charge in [0.2, 0.25) is 5.91 Å². The van der Waals surface area contributed by atoms with Crippen LogP contribution in [0.1, 0.15) is 26.3 Å². The Morgan fingerprint density at radius 3 is 2.62 bits per heavy atom. The normalized spacial score (nSPS) is 11.0. The minimum atomic E-state index is -0.00211. The molecular formula is C17H28ClIN4O. The fourth-order valence-electron chi connectivity index (χ4n) is 2.00. The van der Waals surface area contributed by atoms with Crippen molar-refractivity contribution in [2.24, 2.45) is 10.9 Å². The third-order valence-electron chi connectivity index (χ3n) is 3.20. The molecule has 0 aliphatic rings. The minimum absolute atomic E-state index is 0. The van der Waals surface area contributed by atoms with Crippen LogP contribution >= 0.6 is 35.6 Å². The van der Waals surface area contributed by atoms with Crippen LogP contribution in [0.15, 0.2) is 29.3 Å². The monoisotopic (exact) mass is 466 g/mol. The van der Waals surface area contributed by atoms with Crippen molar-refractivity contribution in [1.29, 1.82) is 0 Å². The fraction of sp³-hybridized carbons (Fsp3) is 0.529. The van der Waals surface area contributed by atoms with Crippen LogP contribution in [0.5, 0.6) is 0 Å². The Labute approximate surface area is 167 Å². The quantitative estimate of drug-likeness (QED) is 0.281. The van der Waals surface area contributed by atoms with Crippen LogP contribution < -0.4 is 10.6 Å². The van der Waals surface area contributed by atoms with Gasteiger partial charge in [-0.25, -0.2) is 0 Å². The third kappa shape index (κ3) is 8.73. The highest BCUT2D eigenvalue weighted by Crippen LogP contribution is 2.12. The summed E-state index contributed by atoms with van der Waals surface area (Å²) >= 11 is 6.02. The molecule has 0 aromatic heterocycles. The Kier molecular flexibility index (Phi) is 11.8. The Morgan fingerprint density at radius 2 is 2.04 bits per heavy atom. The Hall–Kier alpha value is -1.02. The first-order valence-corrected chi connectivity index (χ1v) is 8.33. The lowest BCUT2D eigenvalue weighted by Gasteiger charge is -2.22. The molecule has 0 saturated heterocycles. The standard InChI is InChI=1S/C17H27ClN4O.HI/c1-5-19-17(21-10-9-20-16(23)13(2)3)22(4)12-14-7-6-8-15(18)11-14;/h6-8,11,13H,5,9-10,12H2,1-4H3,(H,19,21)(H,20,23);1H. The first-order valence-electron chi connectivity index (χ1n) is 7.95. The molecule has 1 aromatic carbocycles. The number of hydrogen-bond acceptors (Lipinski definition) is 2. The lowest BCUT2D eigenvalue weighted by Crippen LogP contribution is -2.39. The highest BCUT2D eigenvalue weighted by atomic mass is 127. The molecule has 5 nitrogen and oxygen atoms in total. The van der Waals surface area contributed by atoms with Crippen LogP contribution in [0.25, 0.3) is 0 Å². The molecule has 1 aromatic rings. The van der Waals surface area contributed by atoms with Crippen molar-refractivity contribution in [3.8, 4) is 0 Å². The van der Waals surface area contributed by atoms with Crippen LogP contribution in [0.4, 0.5) is 0 Å². The van der Waals surface area contributed by atoms with E-state index in [0.29, 0.717) is 19.6 Å². The summed E-state index contributed by atoms with van der Waals surface area (Å²) in [4.78, 5) is 18.1. The van der Waals surface area contributed by atoms with Gasteiger partial charge in [-0.15, -0.1) is 24.0 Å². The van der Waals surface area contributed by atoms with E-state index < -0.39 is 0 Å². The van der Waals surface area contributed by atoms with Gasteiger partial charge in [-0.3, -0.25) is 9.79 Å². The van der Waals surface area contributed by atoms with Gasteiger partial charge in [-0.1, -0.05) is 37.6 Å². The molecular weight excluding hydrogens is 439 g/mol. The van der Waals surface area contributed by atoms with Crippen molar-refractivity contribution in [3.63, 3.8) is 0 Å². The van der Waals surface area contributed by atoms with E-state index in [1.165, 1.54) is 0 Å². The molecule has 1 amide bonds. The Morgan fingerprint density at radius 1 is 1.33 bits per heavy atom. The number of carbonyl (C=O) groups is 1. The highest BCUT2D eigenvalue weighted by Gasteiger charge is 2.08. The molecule has 2 N–H and O–H groups in total. The summed E-state index contributed by atoms with van der Waals surface area (Å²) in [6, 6.07) is 7.79. The molecule has 0 fully saturated rings. The number of carbonyl (C=O) groups excluding carboxylic acids is 1. The predicted molar refractivity (Wildman–Crippen MR) is 112 cm³/mol. The van der Waals surface area contributed by atoms with Crippen LogP contribution in [-0.2, 0) is 11.3 Å². The number of halogens is 2. The van der Waals surface area contributed by atoms with E-state index in [-0.39, 0.29) is 35.8 Å². The summed E-state index contributed by atoms with van der Waals surface area (Å²) in [6.45, 7) is 8.37. The molecule has 0 bridgehead atoms. The van der Waals surface area contributed by atoms with Crippen LogP contribution in [0.2, 0.25) is 5.02 Å². The largest absolute Gasteiger partial charge is 0.357 e. The average Bonchev–Trinajstić information content (AvgIpc) is 2.49. The van der Waals surface area contributed by atoms with E-state index in [2.05, 4.69) is 15.6 Å². The van der Waals surface area contributed by atoms with E-state index in [1.54, 1.807) is 0 Å². The van der Waals surface area contributed by atoms with Gasteiger partial charge in [0.1, 0.15) is 0 Å². The Bertz CT molecular complexity index is 537. The topological polar surface area (TPSA) is 56.7 Å². The first-order chi connectivity index (χ1) is 10.9. The van der Waals surface area contributed by atoms with E-state index in [0.717, 1.165) is 23.1 Å². The molecule has 7 heteroatoms. The molecule has 0 saturated carbocycles. The smallest absolute Gasteiger partial charge is 0.222 e. The van der Waals surface area contributed by atoms with Crippen LogP contribution in [-0.4, -0.2) is 43.4 Å². The molecule has 0 spiro atoms. The second kappa shape index (κ2) is 12.4. The molecule has 0 radical (unpaired) electrons. The number of hydrogen-bond donors (Lipinski definition) is 2. The zero-order valence-corrected chi connectivity index (χ0v) is 17.9. The van der Waals surface area contributed by atoms with Gasteiger partial charge >= 0.3 is 0 Å². The van der Waals surface area contributed by atoms with Gasteiger partial charge < -0.3 is 15.5 Å². The minimum Gasteiger partial charge on any atom is -0.357 e. The molecule has 0 atom stereocenters. The number of nitrogens with one attached hydrogen (secondary N) is 2. The van der Waals surface area contributed by atoms with Gasteiger partial charge in [0.15, 0.2) is 5.96 Å². The van der Waals surface area contributed by atoms with Gasteiger partial charge in [0.05, 0.1) is 6.54 Å². The number of aliphatic imine (C=N–C) groups is 1. The zero-order valence-electron chi connectivity index (χ0n) is 14.8. The van der Waals surface area contributed by atoms with Crippen molar-refractivity contribution >= 4 is 47.4 Å². The van der Waals surface area contributed by atoms with Gasteiger partial charge in [0.25, 0.3) is 0 Å². The maximum atomic E-state index is 11.5. The number of guanidine groups is 1. The van der Waals surface area contributed by atoms with Crippen molar-refractivity contribution in [2.45, 2.75) is 27.3 Å². The van der Waals surface area contributed by atoms with Crippen molar-refractivity contribution in [3.05, 3.63) is 34.9 Å². The SMILES string of the molecule is CCNC(=NCCNC(=O)C(C)C)N(C)Cc1cccc(Cl)c1.I. The van der Waals surface area contributed by atoms with E-state index in [1.807, 2.05) is 57.0 Å². The number of amides is 1. The fourth-order valence-corrected chi connectivity index (χ4v) is 2.21. The zero-order chi connectivity index (χ0) is 17.2. The molecule has 0 aliphatic heterocycles. The summed E-state index contributed by atoms with van der Waals surface area (Å²) in [7, 11) is 1.98. The number of benzene rings is 1. The second-order valence-electron chi connectivity index (χ2n) is 5.67. The van der Waals surface area contributed by atoms with Crippen molar-refractivity contribution < 1.29 is 4.79 Å². The average molecular weight is 467 g/mol. The number of nitrogens with zero attached hydrogens (tertiary/aromatic N) is 2. The molecule has 136 valence electrons. The van der Waals surface area contributed by atoms with Gasteiger partial charge in [-0.2, -0.15) is 0 Å². The van der Waals surface area contributed by atoms with Gasteiger partial charge in [0, 0.05) is 37.6 Å². The molecule has 0 aliphatic carbocycles. The summed E-state index contributed by atoms with van der Waals surface area (Å²) < 4.78 is 0. The van der Waals surface area contributed by atoms with E-state index in [4.69, 9.17) is 11.6 Å². The van der Waals surface area contributed by atoms with Crippen molar-refractivity contribution in [2.75, 3.05) is 26.7 Å². The summed E-state index contributed by atoms with van der Waals surface area (Å²) in [5.41, 5.74) is 1.12. The third-order valence-corrected chi connectivity index (χ3v) is 3.44.